The minimum absolute atomic E-state index is 0.200. The summed E-state index contributed by atoms with van der Waals surface area (Å²) in [6.45, 7) is 1.36. The first-order valence-corrected chi connectivity index (χ1v) is 7.64. The van der Waals surface area contributed by atoms with E-state index in [4.69, 9.17) is 0 Å². The molecular formula is C14H18FN5OS. The minimum atomic E-state index is -0.318. The second-order valence-electron chi connectivity index (χ2n) is 4.99. The van der Waals surface area contributed by atoms with Gasteiger partial charge in [-0.25, -0.2) is 9.18 Å². The summed E-state index contributed by atoms with van der Waals surface area (Å²) in [5.74, 6) is -0.318. The molecule has 1 heterocycles. The fourth-order valence-corrected chi connectivity index (χ4v) is 2.24. The van der Waals surface area contributed by atoms with Crippen molar-refractivity contribution in [3.63, 3.8) is 0 Å². The summed E-state index contributed by atoms with van der Waals surface area (Å²) in [5, 5.41) is 10.6. The molecule has 0 aliphatic carbocycles. The second-order valence-corrected chi connectivity index (χ2v) is 5.82. The molecule has 0 fully saturated rings. The predicted molar refractivity (Wildman–Crippen MR) is 84.3 cm³/mol. The molecule has 1 N–H and O–H groups in total. The van der Waals surface area contributed by atoms with E-state index in [0.717, 1.165) is 0 Å². The standard InChI is InChI=1S/C14H18FN5OS/c1-19(2)7-8-20(9-11-5-3-4-6-12(11)15)14(21)17-13-18-16-10-22-13/h3-6,10H,7-9H2,1-2H3,(H,17,18,21). The third-order valence-corrected chi connectivity index (χ3v) is 3.60. The number of anilines is 1. The topological polar surface area (TPSA) is 61.4 Å². The number of hydrogen-bond acceptors (Lipinski definition) is 5. The normalized spacial score (nSPS) is 10.7. The lowest BCUT2D eigenvalue weighted by Crippen LogP contribution is -2.39. The zero-order valence-corrected chi connectivity index (χ0v) is 13.3. The fraction of sp³-hybridized carbons (Fsp3) is 0.357. The lowest BCUT2D eigenvalue weighted by Gasteiger charge is -2.24. The molecule has 0 atom stereocenters. The molecule has 8 heteroatoms. The van der Waals surface area contributed by atoms with E-state index in [1.807, 2.05) is 19.0 Å². The second kappa shape index (κ2) is 7.81. The molecule has 0 saturated heterocycles. The van der Waals surface area contributed by atoms with E-state index < -0.39 is 0 Å². The SMILES string of the molecule is CN(C)CCN(Cc1ccccc1F)C(=O)Nc1nncs1. The zero-order chi connectivity index (χ0) is 15.9. The number of carbonyl (C=O) groups excluding carboxylic acids is 1. The predicted octanol–water partition coefficient (Wildman–Crippen LogP) is 2.27. The van der Waals surface area contributed by atoms with Crippen LogP contribution < -0.4 is 5.32 Å². The highest BCUT2D eigenvalue weighted by molar-refractivity contribution is 7.13. The quantitative estimate of drug-likeness (QED) is 0.886. The number of carbonyl (C=O) groups is 1. The van der Waals surface area contributed by atoms with Gasteiger partial charge in [0.2, 0.25) is 5.13 Å². The van der Waals surface area contributed by atoms with E-state index in [9.17, 15) is 9.18 Å². The summed E-state index contributed by atoms with van der Waals surface area (Å²) < 4.78 is 13.8. The first kappa shape index (κ1) is 16.3. The van der Waals surface area contributed by atoms with E-state index in [2.05, 4.69) is 15.5 Å². The van der Waals surface area contributed by atoms with E-state index in [1.165, 1.54) is 22.9 Å². The monoisotopic (exact) mass is 323 g/mol. The Kier molecular flexibility index (Phi) is 5.79. The number of aromatic nitrogens is 2. The van der Waals surface area contributed by atoms with Crippen LogP contribution in [0.1, 0.15) is 5.56 Å². The van der Waals surface area contributed by atoms with Gasteiger partial charge in [-0.05, 0) is 20.2 Å². The maximum absolute atomic E-state index is 13.8. The van der Waals surface area contributed by atoms with E-state index in [0.29, 0.717) is 23.8 Å². The van der Waals surface area contributed by atoms with Crippen LogP contribution in [0.2, 0.25) is 0 Å². The number of nitrogens with one attached hydrogen (secondary N) is 1. The van der Waals surface area contributed by atoms with Crippen molar-refractivity contribution < 1.29 is 9.18 Å². The summed E-state index contributed by atoms with van der Waals surface area (Å²) in [4.78, 5) is 15.9. The maximum Gasteiger partial charge on any atom is 0.324 e. The highest BCUT2D eigenvalue weighted by Gasteiger charge is 2.17. The smallest absolute Gasteiger partial charge is 0.319 e. The molecule has 2 aromatic rings. The van der Waals surface area contributed by atoms with Crippen LogP contribution in [0, 0.1) is 5.82 Å². The van der Waals surface area contributed by atoms with Crippen LogP contribution in [0.5, 0.6) is 0 Å². The highest BCUT2D eigenvalue weighted by Crippen LogP contribution is 2.13. The van der Waals surface area contributed by atoms with Crippen molar-refractivity contribution in [2.24, 2.45) is 0 Å². The number of urea groups is 1. The lowest BCUT2D eigenvalue weighted by atomic mass is 10.2. The van der Waals surface area contributed by atoms with Gasteiger partial charge >= 0.3 is 6.03 Å². The van der Waals surface area contributed by atoms with Crippen LogP contribution in [0.25, 0.3) is 0 Å². The number of amides is 2. The summed E-state index contributed by atoms with van der Waals surface area (Å²) in [6.07, 6.45) is 0. The van der Waals surface area contributed by atoms with Crippen LogP contribution in [-0.4, -0.2) is 53.2 Å². The van der Waals surface area contributed by atoms with Crippen molar-refractivity contribution in [3.05, 3.63) is 41.2 Å². The molecule has 2 rings (SSSR count). The number of halogens is 1. The van der Waals surface area contributed by atoms with Crippen molar-refractivity contribution in [2.75, 3.05) is 32.5 Å². The number of hydrogen-bond donors (Lipinski definition) is 1. The Balaban J connectivity index is 2.08. The molecule has 0 aliphatic heterocycles. The van der Waals surface area contributed by atoms with Crippen LogP contribution in [0.4, 0.5) is 14.3 Å². The molecule has 1 aromatic heterocycles. The van der Waals surface area contributed by atoms with Crippen LogP contribution in [0.3, 0.4) is 0 Å². The van der Waals surface area contributed by atoms with Gasteiger partial charge in [-0.1, -0.05) is 29.5 Å². The number of likely N-dealkylation sites (N-methyl/N-ethyl adjacent to an activating group) is 1. The van der Waals surface area contributed by atoms with Crippen molar-refractivity contribution >= 4 is 22.5 Å². The molecular weight excluding hydrogens is 305 g/mol. The third kappa shape index (κ3) is 4.74. The van der Waals surface area contributed by atoms with E-state index in [-0.39, 0.29) is 18.4 Å². The number of nitrogens with zero attached hydrogens (tertiary/aromatic N) is 4. The molecule has 0 spiro atoms. The largest absolute Gasteiger partial charge is 0.324 e. The van der Waals surface area contributed by atoms with Gasteiger partial charge in [-0.3, -0.25) is 5.32 Å². The number of benzene rings is 1. The van der Waals surface area contributed by atoms with Crippen molar-refractivity contribution in [2.45, 2.75) is 6.54 Å². The third-order valence-electron chi connectivity index (χ3n) is 3.00. The van der Waals surface area contributed by atoms with Gasteiger partial charge in [0.05, 0.1) is 6.54 Å². The van der Waals surface area contributed by atoms with Crippen LogP contribution in [-0.2, 0) is 6.54 Å². The zero-order valence-electron chi connectivity index (χ0n) is 12.5. The van der Waals surface area contributed by atoms with Gasteiger partial charge in [0.15, 0.2) is 0 Å². The van der Waals surface area contributed by atoms with Gasteiger partial charge in [0, 0.05) is 18.7 Å². The van der Waals surface area contributed by atoms with Crippen molar-refractivity contribution in [3.8, 4) is 0 Å². The van der Waals surface area contributed by atoms with Gasteiger partial charge < -0.3 is 9.80 Å². The Hall–Kier alpha value is -2.06. The average molecular weight is 323 g/mol. The Morgan fingerprint density at radius 2 is 2.09 bits per heavy atom. The lowest BCUT2D eigenvalue weighted by molar-refractivity contribution is 0.201. The average Bonchev–Trinajstić information content (AvgIpc) is 2.97. The first-order valence-electron chi connectivity index (χ1n) is 6.76. The molecule has 1 aromatic carbocycles. The molecule has 22 heavy (non-hydrogen) atoms. The summed E-state index contributed by atoms with van der Waals surface area (Å²) in [6, 6.07) is 6.13. The van der Waals surface area contributed by atoms with Crippen molar-refractivity contribution in [1.82, 2.24) is 20.0 Å². The summed E-state index contributed by atoms with van der Waals surface area (Å²) in [5.41, 5.74) is 2.02. The Morgan fingerprint density at radius 1 is 1.32 bits per heavy atom. The molecule has 6 nitrogen and oxygen atoms in total. The molecule has 118 valence electrons. The maximum atomic E-state index is 13.8. The highest BCUT2D eigenvalue weighted by atomic mass is 32.1. The van der Waals surface area contributed by atoms with Crippen LogP contribution in [0.15, 0.2) is 29.8 Å². The molecule has 0 unspecified atom stereocenters. The van der Waals surface area contributed by atoms with E-state index >= 15 is 0 Å². The Bertz CT molecular complexity index is 605. The van der Waals surface area contributed by atoms with E-state index in [1.54, 1.807) is 23.1 Å². The minimum Gasteiger partial charge on any atom is -0.319 e. The molecule has 0 saturated carbocycles. The first-order chi connectivity index (χ1) is 10.6. The van der Waals surface area contributed by atoms with Gasteiger partial charge in [-0.2, -0.15) is 0 Å². The summed E-state index contributed by atoms with van der Waals surface area (Å²) in [7, 11) is 3.84. The van der Waals surface area contributed by atoms with Gasteiger partial charge in [-0.15, -0.1) is 10.2 Å². The molecule has 0 bridgehead atoms. The number of rotatable bonds is 6. The molecule has 2 amide bonds. The fourth-order valence-electron chi connectivity index (χ4n) is 1.80. The Labute approximate surface area is 132 Å². The summed E-state index contributed by atoms with van der Waals surface area (Å²) >= 11 is 1.24. The molecule has 0 aliphatic rings. The van der Waals surface area contributed by atoms with Crippen molar-refractivity contribution in [1.29, 1.82) is 0 Å². The Morgan fingerprint density at radius 3 is 2.73 bits per heavy atom. The van der Waals surface area contributed by atoms with Crippen LogP contribution >= 0.6 is 11.3 Å². The van der Waals surface area contributed by atoms with Gasteiger partial charge in [0.1, 0.15) is 11.3 Å². The molecule has 0 radical (unpaired) electrons. The van der Waals surface area contributed by atoms with Gasteiger partial charge in [0.25, 0.3) is 0 Å².